The summed E-state index contributed by atoms with van der Waals surface area (Å²) in [6, 6.07) is 12.4. The van der Waals surface area contributed by atoms with Crippen LogP contribution in [0.25, 0.3) is 11.1 Å². The first-order valence-corrected chi connectivity index (χ1v) is 6.51. The van der Waals surface area contributed by atoms with Crippen LogP contribution in [0.15, 0.2) is 48.8 Å². The molecule has 1 atom stereocenters. The van der Waals surface area contributed by atoms with Crippen molar-refractivity contribution in [2.24, 2.45) is 0 Å². The van der Waals surface area contributed by atoms with E-state index in [1.165, 1.54) is 11.1 Å². The molecule has 100 valence electrons. The molecule has 2 aromatic rings. The third kappa shape index (κ3) is 4.16. The van der Waals surface area contributed by atoms with E-state index in [4.69, 9.17) is 0 Å². The molecule has 3 heteroatoms. The number of aliphatic hydroxyl groups excluding tert-OH is 1. The van der Waals surface area contributed by atoms with Crippen LogP contribution in [-0.4, -0.2) is 34.7 Å². The first kappa shape index (κ1) is 13.7. The number of aromatic nitrogens is 1. The summed E-state index contributed by atoms with van der Waals surface area (Å²) in [5.74, 6) is 0. The molecule has 1 aromatic heterocycles. The summed E-state index contributed by atoms with van der Waals surface area (Å²) in [5.41, 5.74) is 3.54. The first-order valence-electron chi connectivity index (χ1n) is 6.51. The number of pyridine rings is 1. The zero-order valence-corrected chi connectivity index (χ0v) is 11.5. The van der Waals surface area contributed by atoms with Crippen molar-refractivity contribution in [1.29, 1.82) is 0 Å². The van der Waals surface area contributed by atoms with Crippen molar-refractivity contribution in [3.8, 4) is 11.1 Å². The molecule has 1 N–H and O–H groups in total. The Morgan fingerprint density at radius 2 is 2.00 bits per heavy atom. The van der Waals surface area contributed by atoms with E-state index in [-0.39, 0.29) is 6.10 Å². The molecule has 0 spiro atoms. The second kappa shape index (κ2) is 6.45. The van der Waals surface area contributed by atoms with Gasteiger partial charge >= 0.3 is 0 Å². The van der Waals surface area contributed by atoms with E-state index in [9.17, 15) is 5.11 Å². The van der Waals surface area contributed by atoms with Crippen molar-refractivity contribution >= 4 is 0 Å². The lowest BCUT2D eigenvalue weighted by atomic mass is 10.0. The van der Waals surface area contributed by atoms with Gasteiger partial charge in [0.05, 0.1) is 6.10 Å². The molecule has 0 fully saturated rings. The van der Waals surface area contributed by atoms with E-state index >= 15 is 0 Å². The van der Waals surface area contributed by atoms with E-state index in [1.54, 1.807) is 6.20 Å². The van der Waals surface area contributed by atoms with Gasteiger partial charge < -0.3 is 5.11 Å². The highest BCUT2D eigenvalue weighted by Gasteiger charge is 2.05. The maximum absolute atomic E-state index is 9.38. The van der Waals surface area contributed by atoms with E-state index in [2.05, 4.69) is 40.2 Å². The Hall–Kier alpha value is -1.71. The number of hydrogen-bond donors (Lipinski definition) is 1. The van der Waals surface area contributed by atoms with Crippen LogP contribution in [0.1, 0.15) is 12.5 Å². The molecular weight excluding hydrogens is 236 g/mol. The number of likely N-dealkylation sites (N-methyl/N-ethyl adjacent to an activating group) is 1. The smallest absolute Gasteiger partial charge is 0.0639 e. The van der Waals surface area contributed by atoms with Crippen LogP contribution in [-0.2, 0) is 6.54 Å². The predicted molar refractivity (Wildman–Crippen MR) is 77.7 cm³/mol. The molecule has 0 radical (unpaired) electrons. The van der Waals surface area contributed by atoms with Gasteiger partial charge in [-0.05, 0) is 42.8 Å². The minimum atomic E-state index is -0.300. The average molecular weight is 256 g/mol. The molecule has 0 saturated heterocycles. The fourth-order valence-corrected chi connectivity index (χ4v) is 2.21. The summed E-state index contributed by atoms with van der Waals surface area (Å²) in [7, 11) is 2.02. The number of hydrogen-bond acceptors (Lipinski definition) is 3. The van der Waals surface area contributed by atoms with Crippen LogP contribution in [0.5, 0.6) is 0 Å². The highest BCUT2D eigenvalue weighted by Crippen LogP contribution is 2.19. The molecule has 2 rings (SSSR count). The average Bonchev–Trinajstić information content (AvgIpc) is 2.39. The van der Waals surface area contributed by atoms with Gasteiger partial charge in [-0.1, -0.05) is 24.3 Å². The van der Waals surface area contributed by atoms with Gasteiger partial charge in [-0.15, -0.1) is 0 Å². The summed E-state index contributed by atoms with van der Waals surface area (Å²) < 4.78 is 0. The van der Waals surface area contributed by atoms with Crippen LogP contribution in [0.3, 0.4) is 0 Å². The minimum absolute atomic E-state index is 0.300. The Morgan fingerprint density at radius 3 is 2.68 bits per heavy atom. The lowest BCUT2D eigenvalue weighted by Gasteiger charge is -2.18. The maximum Gasteiger partial charge on any atom is 0.0639 e. The predicted octanol–water partition coefficient (Wildman–Crippen LogP) is 2.56. The lowest BCUT2D eigenvalue weighted by molar-refractivity contribution is 0.138. The third-order valence-corrected chi connectivity index (χ3v) is 2.95. The molecule has 0 amide bonds. The lowest BCUT2D eigenvalue weighted by Crippen LogP contribution is -2.26. The topological polar surface area (TPSA) is 36.4 Å². The van der Waals surface area contributed by atoms with Crippen LogP contribution in [0.2, 0.25) is 0 Å². The maximum atomic E-state index is 9.38. The number of rotatable bonds is 5. The number of benzene rings is 1. The first-order chi connectivity index (χ1) is 9.15. The summed E-state index contributed by atoms with van der Waals surface area (Å²) in [6.07, 6.45) is 3.36. The zero-order valence-electron chi connectivity index (χ0n) is 11.5. The molecule has 1 heterocycles. The Kier molecular flexibility index (Phi) is 4.66. The van der Waals surface area contributed by atoms with E-state index in [0.717, 1.165) is 12.1 Å². The molecule has 1 aromatic carbocycles. The highest BCUT2D eigenvalue weighted by molar-refractivity contribution is 5.62. The quantitative estimate of drug-likeness (QED) is 0.893. The van der Waals surface area contributed by atoms with Crippen molar-refractivity contribution in [1.82, 2.24) is 9.88 Å². The zero-order chi connectivity index (χ0) is 13.7. The van der Waals surface area contributed by atoms with Crippen molar-refractivity contribution in [3.05, 3.63) is 54.4 Å². The fraction of sp³-hybridized carbons (Fsp3) is 0.312. The molecule has 19 heavy (non-hydrogen) atoms. The monoisotopic (exact) mass is 256 g/mol. The molecule has 0 saturated carbocycles. The number of aliphatic hydroxyl groups is 1. The third-order valence-electron chi connectivity index (χ3n) is 2.95. The van der Waals surface area contributed by atoms with Crippen LogP contribution < -0.4 is 0 Å². The summed E-state index contributed by atoms with van der Waals surface area (Å²) in [6.45, 7) is 3.32. The second-order valence-corrected chi connectivity index (χ2v) is 4.99. The standard InChI is InChI=1S/C16H20N2O/c1-13(19)11-18(2)12-14-5-3-6-15(9-14)16-7-4-8-17-10-16/h3-10,13,19H,11-12H2,1-2H3/t13-/m1/s1. The van der Waals surface area contributed by atoms with Gasteiger partial charge in [-0.3, -0.25) is 9.88 Å². The summed E-state index contributed by atoms with van der Waals surface area (Å²) in [4.78, 5) is 6.27. The van der Waals surface area contributed by atoms with Crippen molar-refractivity contribution in [2.45, 2.75) is 19.6 Å². The molecular formula is C16H20N2O. The van der Waals surface area contributed by atoms with E-state index in [0.29, 0.717) is 6.54 Å². The van der Waals surface area contributed by atoms with Gasteiger partial charge in [0.15, 0.2) is 0 Å². The Morgan fingerprint density at radius 1 is 1.21 bits per heavy atom. The van der Waals surface area contributed by atoms with Gasteiger partial charge in [0.2, 0.25) is 0 Å². The summed E-state index contributed by atoms with van der Waals surface area (Å²) in [5, 5.41) is 9.38. The molecule has 0 unspecified atom stereocenters. The molecule has 3 nitrogen and oxygen atoms in total. The number of nitrogens with zero attached hydrogens (tertiary/aromatic N) is 2. The minimum Gasteiger partial charge on any atom is -0.392 e. The van der Waals surface area contributed by atoms with Gasteiger partial charge in [-0.2, -0.15) is 0 Å². The summed E-state index contributed by atoms with van der Waals surface area (Å²) >= 11 is 0. The van der Waals surface area contributed by atoms with Gasteiger partial charge in [0.1, 0.15) is 0 Å². The Bertz CT molecular complexity index is 511. The second-order valence-electron chi connectivity index (χ2n) is 4.99. The van der Waals surface area contributed by atoms with Gasteiger partial charge in [0.25, 0.3) is 0 Å². The Labute approximate surface area is 114 Å². The van der Waals surface area contributed by atoms with Crippen molar-refractivity contribution < 1.29 is 5.11 Å². The Balaban J connectivity index is 2.12. The van der Waals surface area contributed by atoms with Crippen LogP contribution >= 0.6 is 0 Å². The molecule has 0 aliphatic heterocycles. The van der Waals surface area contributed by atoms with Gasteiger partial charge in [-0.25, -0.2) is 0 Å². The fourth-order valence-electron chi connectivity index (χ4n) is 2.21. The highest BCUT2D eigenvalue weighted by atomic mass is 16.3. The van der Waals surface area contributed by atoms with Crippen LogP contribution in [0.4, 0.5) is 0 Å². The van der Waals surface area contributed by atoms with E-state index < -0.39 is 0 Å². The van der Waals surface area contributed by atoms with Crippen LogP contribution in [0, 0.1) is 0 Å². The molecule has 0 aliphatic carbocycles. The largest absolute Gasteiger partial charge is 0.392 e. The van der Waals surface area contributed by atoms with E-state index in [1.807, 2.05) is 26.2 Å². The van der Waals surface area contributed by atoms with Crippen molar-refractivity contribution in [2.75, 3.05) is 13.6 Å². The van der Waals surface area contributed by atoms with Gasteiger partial charge in [0, 0.05) is 25.5 Å². The normalized spacial score (nSPS) is 12.6. The SMILES string of the molecule is C[C@@H](O)CN(C)Cc1cccc(-c2cccnc2)c1. The molecule has 0 bridgehead atoms. The van der Waals surface area contributed by atoms with Crippen molar-refractivity contribution in [3.63, 3.8) is 0 Å². The molecule has 0 aliphatic rings.